The second-order valence-corrected chi connectivity index (χ2v) is 10.2. The van der Waals surface area contributed by atoms with E-state index in [9.17, 15) is 13.2 Å². The first-order valence-electron chi connectivity index (χ1n) is 10.1. The maximum Gasteiger partial charge on any atom is 0.289 e. The first-order chi connectivity index (χ1) is 16.1. The van der Waals surface area contributed by atoms with Crippen molar-refractivity contribution < 1.29 is 17.9 Å². The van der Waals surface area contributed by atoms with Crippen LogP contribution >= 0.6 is 23.2 Å². The van der Waals surface area contributed by atoms with Crippen molar-refractivity contribution in [2.45, 2.75) is 0 Å². The molecule has 3 aromatic rings. The van der Waals surface area contributed by atoms with Crippen LogP contribution in [0, 0.1) is 5.41 Å². The molecule has 8 nitrogen and oxygen atoms in total. The Labute approximate surface area is 207 Å². The molecule has 0 atom stereocenters. The van der Waals surface area contributed by atoms with Crippen LogP contribution in [0.4, 0.5) is 22.7 Å². The third-order valence-corrected chi connectivity index (χ3v) is 6.62. The van der Waals surface area contributed by atoms with Gasteiger partial charge >= 0.3 is 0 Å². The van der Waals surface area contributed by atoms with Crippen molar-refractivity contribution in [1.82, 2.24) is 0 Å². The Morgan fingerprint density at radius 1 is 1.03 bits per heavy atom. The lowest BCUT2D eigenvalue weighted by Crippen LogP contribution is -2.27. The van der Waals surface area contributed by atoms with Crippen molar-refractivity contribution in [3.05, 3.63) is 82.3 Å². The second-order valence-electron chi connectivity index (χ2n) is 7.47. The number of sulfonamides is 1. The van der Waals surface area contributed by atoms with Gasteiger partial charge in [-0.15, -0.1) is 0 Å². The fourth-order valence-corrected chi connectivity index (χ4v) is 4.84. The predicted molar refractivity (Wildman–Crippen MR) is 135 cm³/mol. The Bertz CT molecular complexity index is 1350. The van der Waals surface area contributed by atoms with Gasteiger partial charge in [-0.3, -0.25) is 15.1 Å². The number of carbonyl (C=O) groups is 1. The maximum absolute atomic E-state index is 12.9. The zero-order valence-corrected chi connectivity index (χ0v) is 20.3. The molecule has 0 radical (unpaired) electrons. The number of halogens is 2. The largest absolute Gasteiger partial charge is 0.463 e. The number of hydrogen-bond donors (Lipinski definition) is 2. The molecule has 0 spiro atoms. The summed E-state index contributed by atoms with van der Waals surface area (Å²) in [7, 11) is -3.81. The van der Waals surface area contributed by atoms with E-state index in [1.165, 1.54) is 12.1 Å². The van der Waals surface area contributed by atoms with E-state index in [2.05, 4.69) is 5.32 Å². The highest BCUT2D eigenvalue weighted by Crippen LogP contribution is 2.37. The van der Waals surface area contributed by atoms with E-state index in [1.54, 1.807) is 59.5 Å². The van der Waals surface area contributed by atoms with Gasteiger partial charge in [-0.2, -0.15) is 0 Å². The van der Waals surface area contributed by atoms with Crippen LogP contribution < -0.4 is 14.5 Å². The van der Waals surface area contributed by atoms with Crippen molar-refractivity contribution in [3.8, 4) is 0 Å². The molecule has 0 bridgehead atoms. The summed E-state index contributed by atoms with van der Waals surface area (Å²) < 4.78 is 32.0. The van der Waals surface area contributed by atoms with Crippen molar-refractivity contribution in [2.24, 2.45) is 0 Å². The summed E-state index contributed by atoms with van der Waals surface area (Å²) in [6, 6.07) is 17.6. The number of ether oxygens (including phenoxy) is 1. The molecule has 0 unspecified atom stereocenters. The number of rotatable bonds is 6. The number of nitrogens with zero attached hydrogens (tertiary/aromatic N) is 2. The number of anilines is 4. The molecule has 2 N–H and O–H groups in total. The molecule has 0 aliphatic carbocycles. The van der Waals surface area contributed by atoms with Crippen molar-refractivity contribution in [1.29, 1.82) is 5.41 Å². The Morgan fingerprint density at radius 3 is 2.26 bits per heavy atom. The molecule has 0 aromatic heterocycles. The lowest BCUT2D eigenvalue weighted by Gasteiger charge is -2.26. The van der Waals surface area contributed by atoms with Gasteiger partial charge in [-0.25, -0.2) is 12.7 Å². The van der Waals surface area contributed by atoms with Crippen molar-refractivity contribution >= 4 is 67.9 Å². The molecule has 1 fully saturated rings. The van der Waals surface area contributed by atoms with E-state index in [4.69, 9.17) is 33.3 Å². The highest BCUT2D eigenvalue weighted by Gasteiger charge is 2.25. The van der Waals surface area contributed by atoms with Gasteiger partial charge in [0, 0.05) is 21.3 Å². The van der Waals surface area contributed by atoms with Crippen LogP contribution in [-0.2, 0) is 14.8 Å². The summed E-state index contributed by atoms with van der Waals surface area (Å²) in [6.45, 7) is 0.948. The van der Waals surface area contributed by atoms with Gasteiger partial charge in [0.15, 0.2) is 0 Å². The third kappa shape index (κ3) is 5.11. The Balaban J connectivity index is 1.71. The Morgan fingerprint density at radius 2 is 1.68 bits per heavy atom. The predicted octanol–water partition coefficient (Wildman–Crippen LogP) is 5.11. The highest BCUT2D eigenvalue weighted by atomic mass is 35.5. The van der Waals surface area contributed by atoms with Gasteiger partial charge in [0.1, 0.15) is 6.61 Å². The zero-order chi connectivity index (χ0) is 24.5. The van der Waals surface area contributed by atoms with Crippen LogP contribution in [0.2, 0.25) is 10.0 Å². The van der Waals surface area contributed by atoms with Gasteiger partial charge in [0.05, 0.1) is 29.9 Å². The van der Waals surface area contributed by atoms with Gasteiger partial charge in [-0.05, 0) is 66.7 Å². The van der Waals surface area contributed by atoms with Crippen molar-refractivity contribution in [2.75, 3.05) is 33.9 Å². The van der Waals surface area contributed by atoms with Gasteiger partial charge in [0.25, 0.3) is 11.9 Å². The van der Waals surface area contributed by atoms with E-state index in [0.29, 0.717) is 40.1 Å². The standard InChI is InChI=1S/C23H20Cl2N4O4S/c1-34(31,32)29(19-9-7-18(8-10-19)28-12-13-33-23(28)26)21-11-6-17(25)14-20(21)27-22(30)15-2-4-16(24)5-3-15/h2-11,14,26H,12-13H2,1H3,(H,27,30). The number of amidine groups is 1. The highest BCUT2D eigenvalue weighted by molar-refractivity contribution is 7.92. The SMILES string of the molecule is CS(=O)(=O)N(c1ccc(N2CCOC2=N)cc1)c1ccc(Cl)cc1NC(=O)c1ccc(Cl)cc1. The molecular formula is C23H20Cl2N4O4S. The lowest BCUT2D eigenvalue weighted by molar-refractivity contribution is 0.102. The molecule has 34 heavy (non-hydrogen) atoms. The lowest BCUT2D eigenvalue weighted by atomic mass is 10.2. The summed E-state index contributed by atoms with van der Waals surface area (Å²) in [5.41, 5.74) is 1.84. The average molecular weight is 519 g/mol. The van der Waals surface area contributed by atoms with Crippen molar-refractivity contribution in [3.63, 3.8) is 0 Å². The first-order valence-corrected chi connectivity index (χ1v) is 12.7. The Hall–Kier alpha value is -3.27. The number of carbonyl (C=O) groups excluding carboxylic acids is 1. The minimum Gasteiger partial charge on any atom is -0.463 e. The van der Waals surface area contributed by atoms with Crippen LogP contribution in [0.25, 0.3) is 0 Å². The molecule has 1 aliphatic heterocycles. The van der Waals surface area contributed by atoms with Gasteiger partial charge in [-0.1, -0.05) is 23.2 Å². The first kappa shape index (κ1) is 23.9. The van der Waals surface area contributed by atoms with Crippen LogP contribution in [-0.4, -0.2) is 39.8 Å². The molecule has 1 aliphatic rings. The molecule has 3 aromatic carbocycles. The summed E-state index contributed by atoms with van der Waals surface area (Å²) >= 11 is 12.1. The molecule has 176 valence electrons. The molecular weight excluding hydrogens is 499 g/mol. The van der Waals surface area contributed by atoms with Gasteiger partial charge in [0.2, 0.25) is 10.0 Å². The van der Waals surface area contributed by atoms with E-state index in [0.717, 1.165) is 10.6 Å². The Kier molecular flexibility index (Phi) is 6.70. The van der Waals surface area contributed by atoms with E-state index >= 15 is 0 Å². The van der Waals surface area contributed by atoms with E-state index in [-0.39, 0.29) is 17.4 Å². The number of benzene rings is 3. The van der Waals surface area contributed by atoms with Crippen LogP contribution in [0.5, 0.6) is 0 Å². The van der Waals surface area contributed by atoms with Crippen LogP contribution in [0.1, 0.15) is 10.4 Å². The number of amides is 1. The summed E-state index contributed by atoms with van der Waals surface area (Å²) in [5.74, 6) is -0.448. The van der Waals surface area contributed by atoms with Crippen LogP contribution in [0.15, 0.2) is 66.7 Å². The smallest absolute Gasteiger partial charge is 0.289 e. The minimum atomic E-state index is -3.81. The molecule has 11 heteroatoms. The van der Waals surface area contributed by atoms with E-state index in [1.807, 2.05) is 0 Å². The number of nitrogens with one attached hydrogen (secondary N) is 2. The molecule has 1 heterocycles. The summed E-state index contributed by atoms with van der Waals surface area (Å²) in [6.07, 6.45) is 1.07. The van der Waals surface area contributed by atoms with Gasteiger partial charge < -0.3 is 10.1 Å². The normalized spacial score (nSPS) is 13.5. The zero-order valence-electron chi connectivity index (χ0n) is 18.0. The third-order valence-electron chi connectivity index (χ3n) is 5.06. The molecule has 0 saturated carbocycles. The average Bonchev–Trinajstić information content (AvgIpc) is 3.21. The summed E-state index contributed by atoms with van der Waals surface area (Å²) in [4.78, 5) is 14.5. The van der Waals surface area contributed by atoms with Crippen LogP contribution in [0.3, 0.4) is 0 Å². The fourth-order valence-electron chi connectivity index (χ4n) is 3.52. The number of hydrogen-bond acceptors (Lipinski definition) is 5. The molecule has 4 rings (SSSR count). The molecule has 1 saturated heterocycles. The monoisotopic (exact) mass is 518 g/mol. The minimum absolute atomic E-state index is 0.0395. The second kappa shape index (κ2) is 9.54. The quantitative estimate of drug-likeness (QED) is 0.471. The van der Waals surface area contributed by atoms with E-state index < -0.39 is 15.9 Å². The topological polar surface area (TPSA) is 103 Å². The molecule has 1 amide bonds. The fraction of sp³-hybridized carbons (Fsp3) is 0.130. The summed E-state index contributed by atoms with van der Waals surface area (Å²) in [5, 5.41) is 11.4. The maximum atomic E-state index is 12.9.